The molecule has 0 aliphatic rings. The Hall–Kier alpha value is -5.82. The van der Waals surface area contributed by atoms with Crippen LogP contribution in [0.4, 0.5) is 20.4 Å². The van der Waals surface area contributed by atoms with Gasteiger partial charge in [0.2, 0.25) is 5.82 Å². The van der Waals surface area contributed by atoms with Crippen molar-refractivity contribution in [2.24, 2.45) is 0 Å². The Balaban J connectivity index is 1.49. The van der Waals surface area contributed by atoms with E-state index in [4.69, 9.17) is 21.8 Å². The van der Waals surface area contributed by atoms with Crippen LogP contribution < -0.4 is 20.6 Å². The Morgan fingerprint density at radius 1 is 0.935 bits per heavy atom. The third-order valence-electron chi connectivity index (χ3n) is 7.63. The number of pyridine rings is 2. The molecule has 0 saturated carbocycles. The summed E-state index contributed by atoms with van der Waals surface area (Å²) in [6.45, 7) is 11.4. The fourth-order valence-corrected chi connectivity index (χ4v) is 5.24. The van der Waals surface area contributed by atoms with Crippen molar-refractivity contribution in [3.05, 3.63) is 124 Å². The van der Waals surface area contributed by atoms with Crippen LogP contribution in [0.1, 0.15) is 35.8 Å². The maximum absolute atomic E-state index is 15.6. The van der Waals surface area contributed by atoms with Crippen LogP contribution in [0.25, 0.3) is 38.2 Å². The SMILES string of the molecule is [C-]#[N+]c1c(-c2ccc(F)cc2)c(=O)c(C(=O)Cc2ccc(-c3cc(-c4ccc(OC)c(OC)c4)cnc3N)c(F)c2)cn1C(C)C. The molecule has 0 radical (unpaired) electrons. The first kappa shape index (κ1) is 31.6. The maximum atomic E-state index is 15.6. The smallest absolute Gasteiger partial charge is 0.241 e. The number of hydrogen-bond acceptors (Lipinski definition) is 6. The highest BCUT2D eigenvalue weighted by Crippen LogP contribution is 2.36. The second-order valence-corrected chi connectivity index (χ2v) is 10.8. The van der Waals surface area contributed by atoms with E-state index in [1.807, 2.05) is 19.9 Å². The van der Waals surface area contributed by atoms with Gasteiger partial charge in [-0.15, -0.1) is 0 Å². The van der Waals surface area contributed by atoms with Crippen molar-refractivity contribution in [3.63, 3.8) is 0 Å². The van der Waals surface area contributed by atoms with E-state index in [1.165, 1.54) is 49.7 Å². The normalized spacial score (nSPS) is 10.9. The van der Waals surface area contributed by atoms with Crippen molar-refractivity contribution in [1.82, 2.24) is 9.55 Å². The standard InChI is InChI=1S/C36H30F2N4O4/c1-20(2)42-19-28(34(44)33(36(42)40-3)22-7-10-25(37)11-8-22)30(43)15-21-6-12-26(29(38)14-21)27-16-24(18-41-35(27)39)23-9-13-31(45-4)32(17-23)46-5/h6-14,16-20H,15H2,1-2,4-5H3,(H2,39,41). The molecule has 0 bridgehead atoms. The number of carbonyl (C=O) groups is 1. The van der Waals surface area contributed by atoms with Crippen molar-refractivity contribution >= 4 is 17.4 Å². The molecular weight excluding hydrogens is 590 g/mol. The number of carbonyl (C=O) groups excluding carboxylic acids is 1. The molecule has 2 N–H and O–H groups in total. The average Bonchev–Trinajstić information content (AvgIpc) is 3.05. The summed E-state index contributed by atoms with van der Waals surface area (Å²) in [5, 5.41) is 0. The summed E-state index contributed by atoms with van der Waals surface area (Å²) < 4.78 is 41.5. The molecule has 0 fully saturated rings. The highest BCUT2D eigenvalue weighted by atomic mass is 19.1. The van der Waals surface area contributed by atoms with Crippen molar-refractivity contribution in [2.45, 2.75) is 26.3 Å². The van der Waals surface area contributed by atoms with Crippen molar-refractivity contribution in [2.75, 3.05) is 20.0 Å². The molecule has 0 amide bonds. The van der Waals surface area contributed by atoms with E-state index in [0.29, 0.717) is 33.8 Å². The van der Waals surface area contributed by atoms with Gasteiger partial charge in [0, 0.05) is 29.3 Å². The molecule has 5 rings (SSSR count). The van der Waals surface area contributed by atoms with E-state index in [1.54, 1.807) is 42.1 Å². The van der Waals surface area contributed by atoms with Gasteiger partial charge < -0.3 is 20.1 Å². The molecule has 0 unspecified atom stereocenters. The Morgan fingerprint density at radius 2 is 1.63 bits per heavy atom. The summed E-state index contributed by atoms with van der Waals surface area (Å²) in [6, 6.07) is 16.3. The van der Waals surface area contributed by atoms with E-state index in [9.17, 15) is 14.0 Å². The van der Waals surface area contributed by atoms with Gasteiger partial charge in [-0.3, -0.25) is 14.2 Å². The van der Waals surface area contributed by atoms with E-state index >= 15 is 4.39 Å². The summed E-state index contributed by atoms with van der Waals surface area (Å²) >= 11 is 0. The van der Waals surface area contributed by atoms with Gasteiger partial charge in [0.05, 0.1) is 32.0 Å². The molecule has 0 atom stereocenters. The number of nitrogen functional groups attached to an aromatic ring is 1. The highest BCUT2D eigenvalue weighted by Gasteiger charge is 2.24. The Labute approximate surface area is 264 Å². The van der Waals surface area contributed by atoms with Crippen LogP contribution in [-0.4, -0.2) is 29.6 Å². The Morgan fingerprint density at radius 3 is 2.26 bits per heavy atom. The lowest BCUT2D eigenvalue weighted by molar-refractivity contribution is 0.0991. The molecule has 2 aromatic heterocycles. The minimum Gasteiger partial charge on any atom is -0.493 e. The number of halogens is 2. The number of hydrogen-bond donors (Lipinski definition) is 1. The number of nitrogens with zero attached hydrogens (tertiary/aromatic N) is 3. The van der Waals surface area contributed by atoms with Crippen LogP contribution in [0, 0.1) is 18.2 Å². The second-order valence-electron chi connectivity index (χ2n) is 10.8. The van der Waals surface area contributed by atoms with Gasteiger partial charge in [-0.25, -0.2) is 13.8 Å². The van der Waals surface area contributed by atoms with Gasteiger partial charge in [-0.2, -0.15) is 0 Å². The van der Waals surface area contributed by atoms with Crippen LogP contribution in [-0.2, 0) is 6.42 Å². The lowest BCUT2D eigenvalue weighted by atomic mass is 9.96. The number of methoxy groups -OCH3 is 2. The minimum atomic E-state index is -0.651. The molecule has 10 heteroatoms. The zero-order chi connectivity index (χ0) is 33.1. The quantitative estimate of drug-likeness (QED) is 0.134. The molecule has 2 heterocycles. The third kappa shape index (κ3) is 6.08. The van der Waals surface area contributed by atoms with E-state index in [2.05, 4.69) is 9.83 Å². The maximum Gasteiger partial charge on any atom is 0.241 e. The summed E-state index contributed by atoms with van der Waals surface area (Å²) in [6.07, 6.45) is 2.67. The van der Waals surface area contributed by atoms with E-state index in [-0.39, 0.29) is 40.8 Å². The third-order valence-corrected chi connectivity index (χ3v) is 7.63. The van der Waals surface area contributed by atoms with Gasteiger partial charge in [0.1, 0.15) is 23.0 Å². The van der Waals surface area contributed by atoms with Gasteiger partial charge in [-0.1, -0.05) is 36.9 Å². The Kier molecular flexibility index (Phi) is 8.96. The number of anilines is 1. The fraction of sp³-hybridized carbons (Fsp3) is 0.167. The number of Topliss-reactive ketones (excluding diaryl/α,β-unsaturated/α-hetero) is 1. The number of nitrogens with two attached hydrogens (primary N) is 1. The molecule has 232 valence electrons. The number of rotatable bonds is 9. The predicted octanol–water partition coefficient (Wildman–Crippen LogP) is 7.68. The predicted molar refractivity (Wildman–Crippen MR) is 173 cm³/mol. The van der Waals surface area contributed by atoms with Crippen molar-refractivity contribution in [3.8, 4) is 44.9 Å². The van der Waals surface area contributed by atoms with Gasteiger partial charge in [0.15, 0.2) is 22.7 Å². The Bertz CT molecular complexity index is 2070. The zero-order valence-electron chi connectivity index (χ0n) is 25.6. The lowest BCUT2D eigenvalue weighted by Gasteiger charge is -2.16. The fourth-order valence-electron chi connectivity index (χ4n) is 5.24. The minimum absolute atomic E-state index is 0.00779. The topological polar surface area (TPSA) is 101 Å². The molecule has 0 aliphatic carbocycles. The molecular formula is C36H30F2N4O4. The molecule has 0 aliphatic heterocycles. The molecule has 8 nitrogen and oxygen atoms in total. The summed E-state index contributed by atoms with van der Waals surface area (Å²) in [4.78, 5) is 35.0. The molecule has 0 spiro atoms. The monoisotopic (exact) mass is 620 g/mol. The lowest BCUT2D eigenvalue weighted by Crippen LogP contribution is -2.22. The van der Waals surface area contributed by atoms with Crippen LogP contribution in [0.5, 0.6) is 11.5 Å². The van der Waals surface area contributed by atoms with Crippen LogP contribution in [0.15, 0.2) is 83.9 Å². The van der Waals surface area contributed by atoms with Gasteiger partial charge in [-0.05, 0) is 66.9 Å². The number of aromatic nitrogens is 2. The van der Waals surface area contributed by atoms with E-state index in [0.717, 1.165) is 5.56 Å². The highest BCUT2D eigenvalue weighted by molar-refractivity contribution is 5.99. The molecule has 5 aromatic rings. The molecule has 3 aromatic carbocycles. The van der Waals surface area contributed by atoms with Crippen LogP contribution in [0.3, 0.4) is 0 Å². The first-order valence-electron chi connectivity index (χ1n) is 14.3. The number of ether oxygens (including phenoxy) is 2. The number of ketones is 1. The van der Waals surface area contributed by atoms with Gasteiger partial charge in [0.25, 0.3) is 0 Å². The zero-order valence-corrected chi connectivity index (χ0v) is 25.6. The van der Waals surface area contributed by atoms with E-state index < -0.39 is 22.8 Å². The number of benzene rings is 3. The largest absolute Gasteiger partial charge is 0.493 e. The molecule has 0 saturated heterocycles. The molecule has 46 heavy (non-hydrogen) atoms. The first-order chi connectivity index (χ1) is 22.1. The summed E-state index contributed by atoms with van der Waals surface area (Å²) in [5.74, 6) is -0.438. The van der Waals surface area contributed by atoms with Crippen LogP contribution in [0.2, 0.25) is 0 Å². The second kappa shape index (κ2) is 13.0. The van der Waals surface area contributed by atoms with Gasteiger partial charge >= 0.3 is 0 Å². The first-order valence-corrected chi connectivity index (χ1v) is 14.3. The van der Waals surface area contributed by atoms with Crippen LogP contribution >= 0.6 is 0 Å². The summed E-state index contributed by atoms with van der Waals surface area (Å²) in [7, 11) is 3.07. The van der Waals surface area contributed by atoms with Crippen molar-refractivity contribution in [1.29, 1.82) is 0 Å². The summed E-state index contributed by atoms with van der Waals surface area (Å²) in [5.41, 5.74) is 7.99. The van der Waals surface area contributed by atoms with Crippen molar-refractivity contribution < 1.29 is 23.0 Å². The average molecular weight is 621 g/mol.